The molecule has 0 aliphatic carbocycles. The number of aliphatic carboxylic acids is 1. The number of carboxylic acids is 1. The van der Waals surface area contributed by atoms with E-state index in [4.69, 9.17) is 12.2 Å². The van der Waals surface area contributed by atoms with E-state index in [-0.39, 0.29) is 21.8 Å². The van der Waals surface area contributed by atoms with E-state index in [1.54, 1.807) is 7.05 Å². The molecule has 8 nitrogen and oxygen atoms in total. The highest BCUT2D eigenvalue weighted by atomic mass is 32.2. The van der Waals surface area contributed by atoms with Gasteiger partial charge in [-0.25, -0.2) is 9.48 Å². The second-order valence-electron chi connectivity index (χ2n) is 4.32. The first kappa shape index (κ1) is 13.2. The van der Waals surface area contributed by atoms with Gasteiger partial charge >= 0.3 is 5.97 Å². The Morgan fingerprint density at radius 1 is 1.55 bits per heavy atom. The Morgan fingerprint density at radius 3 is 2.85 bits per heavy atom. The molecule has 3 rings (SSSR count). The number of thioether (sulfide) groups is 1. The van der Waals surface area contributed by atoms with Crippen molar-refractivity contribution in [2.45, 2.75) is 11.8 Å². The molecule has 0 spiro atoms. The molecule has 1 atom stereocenters. The van der Waals surface area contributed by atoms with Gasteiger partial charge in [-0.15, -0.1) is 16.9 Å². The van der Waals surface area contributed by atoms with Crippen LogP contribution in [0, 0.1) is 0 Å². The number of carbonyl (C=O) groups excluding carboxylic acids is 1. The Bertz CT molecular complexity index is 668. The molecule has 0 aromatic carbocycles. The minimum Gasteiger partial charge on any atom is -0.477 e. The standard InChI is InChI=1S/C10H9N5O3S2/c1-14-9(11-12-13-14)8(19)4-3-20-6-2-5(16)15(6)7(4)10(17)18/h6H,2-3H2,1H3,(H,17,18)/t6-/m0/s1. The van der Waals surface area contributed by atoms with Gasteiger partial charge in [0.1, 0.15) is 5.70 Å². The maximum Gasteiger partial charge on any atom is 0.353 e. The number of hydrogen-bond donors (Lipinski definition) is 1. The number of hydrogen-bond acceptors (Lipinski definition) is 7. The van der Waals surface area contributed by atoms with Crippen molar-refractivity contribution in [2.24, 2.45) is 7.05 Å². The Balaban J connectivity index is 2.07. The van der Waals surface area contributed by atoms with Gasteiger partial charge in [0.15, 0.2) is 5.82 Å². The van der Waals surface area contributed by atoms with Gasteiger partial charge in [-0.05, 0) is 10.4 Å². The molecule has 2 aliphatic rings. The van der Waals surface area contributed by atoms with Gasteiger partial charge in [0.2, 0.25) is 5.91 Å². The third-order valence-corrected chi connectivity index (χ3v) is 4.80. The molecule has 0 unspecified atom stereocenters. The predicted octanol–water partition coefficient (Wildman–Crippen LogP) is -0.428. The van der Waals surface area contributed by atoms with Gasteiger partial charge in [-0.3, -0.25) is 9.69 Å². The van der Waals surface area contributed by atoms with Gasteiger partial charge in [-0.2, -0.15) is 0 Å². The number of carboxylic acid groups (broad SMARTS) is 1. The molecule has 20 heavy (non-hydrogen) atoms. The van der Waals surface area contributed by atoms with Gasteiger partial charge < -0.3 is 5.11 Å². The number of tetrazole rings is 1. The average molecular weight is 311 g/mol. The summed E-state index contributed by atoms with van der Waals surface area (Å²) in [5, 5.41) is 20.2. The van der Waals surface area contributed by atoms with Crippen LogP contribution in [0.15, 0.2) is 11.3 Å². The molecule has 3 heterocycles. The van der Waals surface area contributed by atoms with Crippen molar-refractivity contribution in [1.82, 2.24) is 25.1 Å². The van der Waals surface area contributed by atoms with Crippen LogP contribution in [-0.4, -0.2) is 58.1 Å². The molecule has 1 fully saturated rings. The van der Waals surface area contributed by atoms with E-state index < -0.39 is 5.97 Å². The fourth-order valence-corrected chi connectivity index (χ4v) is 3.85. The maximum atomic E-state index is 11.6. The topological polar surface area (TPSA) is 101 Å². The van der Waals surface area contributed by atoms with Gasteiger partial charge in [-0.1, -0.05) is 12.2 Å². The van der Waals surface area contributed by atoms with E-state index in [0.29, 0.717) is 23.6 Å². The van der Waals surface area contributed by atoms with Crippen LogP contribution in [0.4, 0.5) is 0 Å². The summed E-state index contributed by atoms with van der Waals surface area (Å²) >= 11 is 6.79. The van der Waals surface area contributed by atoms with Crippen LogP contribution in [0.5, 0.6) is 0 Å². The number of aryl methyl sites for hydroxylation is 1. The molecule has 10 heteroatoms. The molecular formula is C10H9N5O3S2. The molecule has 1 aromatic heterocycles. The van der Waals surface area contributed by atoms with Crippen LogP contribution in [0.3, 0.4) is 0 Å². The summed E-state index contributed by atoms with van der Waals surface area (Å²) in [5.41, 5.74) is 0.373. The first-order valence-electron chi connectivity index (χ1n) is 5.68. The Labute approximate surface area is 122 Å². The number of aromatic nitrogens is 4. The van der Waals surface area contributed by atoms with Crippen LogP contribution >= 0.6 is 24.0 Å². The number of amides is 1. The summed E-state index contributed by atoms with van der Waals surface area (Å²) in [5.74, 6) is -0.602. The molecule has 1 saturated heterocycles. The fourth-order valence-electron chi connectivity index (χ4n) is 2.14. The lowest BCUT2D eigenvalue weighted by Crippen LogP contribution is -2.54. The van der Waals surface area contributed by atoms with Crippen LogP contribution in [0.25, 0.3) is 0 Å². The van der Waals surface area contributed by atoms with Crippen molar-refractivity contribution < 1.29 is 14.7 Å². The lowest BCUT2D eigenvalue weighted by atomic mass is 10.1. The number of β-lactam (4-membered cyclic amide) rings is 1. The summed E-state index contributed by atoms with van der Waals surface area (Å²) in [6.45, 7) is 0. The van der Waals surface area contributed by atoms with E-state index >= 15 is 0 Å². The number of fused-ring (bicyclic) bond motifs is 1. The van der Waals surface area contributed by atoms with Crippen molar-refractivity contribution in [3.8, 4) is 0 Å². The minimum absolute atomic E-state index is 0.0435. The summed E-state index contributed by atoms with van der Waals surface area (Å²) in [7, 11) is 1.62. The molecule has 2 aliphatic heterocycles. The Hall–Kier alpha value is -1.81. The molecule has 104 valence electrons. The highest BCUT2D eigenvalue weighted by Gasteiger charge is 2.46. The van der Waals surface area contributed by atoms with Crippen molar-refractivity contribution in [3.63, 3.8) is 0 Å². The van der Waals surface area contributed by atoms with E-state index in [0.717, 1.165) is 0 Å². The minimum atomic E-state index is -1.16. The monoisotopic (exact) mass is 311 g/mol. The average Bonchev–Trinajstić information content (AvgIpc) is 2.82. The van der Waals surface area contributed by atoms with Crippen molar-refractivity contribution in [1.29, 1.82) is 0 Å². The van der Waals surface area contributed by atoms with E-state index in [9.17, 15) is 14.7 Å². The maximum absolute atomic E-state index is 11.6. The van der Waals surface area contributed by atoms with Crippen LogP contribution in [-0.2, 0) is 16.6 Å². The van der Waals surface area contributed by atoms with E-state index in [2.05, 4.69) is 15.5 Å². The first-order chi connectivity index (χ1) is 9.50. The fraction of sp³-hybridized carbons (Fsp3) is 0.400. The SMILES string of the molecule is Cn1nnnc1C(=S)C1=C(C(=O)O)N2C(=O)C[C@@H]2SC1. The molecule has 0 bridgehead atoms. The van der Waals surface area contributed by atoms with Crippen molar-refractivity contribution in [2.75, 3.05) is 5.75 Å². The van der Waals surface area contributed by atoms with Crippen molar-refractivity contribution >= 4 is 40.7 Å². The number of nitrogens with zero attached hydrogens (tertiary/aromatic N) is 5. The third-order valence-electron chi connectivity index (χ3n) is 3.15. The zero-order valence-electron chi connectivity index (χ0n) is 10.3. The first-order valence-corrected chi connectivity index (χ1v) is 7.13. The van der Waals surface area contributed by atoms with E-state index in [1.807, 2.05) is 0 Å². The number of rotatable bonds is 3. The zero-order valence-corrected chi connectivity index (χ0v) is 11.9. The number of carbonyl (C=O) groups is 2. The lowest BCUT2D eigenvalue weighted by molar-refractivity contribution is -0.146. The smallest absolute Gasteiger partial charge is 0.353 e. The van der Waals surface area contributed by atoms with Crippen LogP contribution < -0.4 is 0 Å². The summed E-state index contributed by atoms with van der Waals surface area (Å²) in [6.07, 6.45) is 0.368. The normalized spacial score (nSPS) is 21.6. The molecule has 0 radical (unpaired) electrons. The summed E-state index contributed by atoms with van der Waals surface area (Å²) < 4.78 is 1.38. The van der Waals surface area contributed by atoms with Crippen molar-refractivity contribution in [3.05, 3.63) is 17.1 Å². The quantitative estimate of drug-likeness (QED) is 0.456. The Kier molecular flexibility index (Phi) is 3.05. The zero-order chi connectivity index (χ0) is 14.4. The molecular weight excluding hydrogens is 302 g/mol. The summed E-state index contributed by atoms with van der Waals surface area (Å²) in [4.78, 5) is 24.7. The van der Waals surface area contributed by atoms with Gasteiger partial charge in [0.25, 0.3) is 0 Å². The molecule has 0 saturated carbocycles. The molecule has 1 N–H and O–H groups in total. The second-order valence-corrected chi connectivity index (χ2v) is 5.90. The molecule has 1 aromatic rings. The second kappa shape index (κ2) is 4.63. The Morgan fingerprint density at radius 2 is 2.30 bits per heavy atom. The lowest BCUT2D eigenvalue weighted by Gasteiger charge is -2.43. The molecule has 1 amide bonds. The van der Waals surface area contributed by atoms with Crippen LogP contribution in [0.1, 0.15) is 12.2 Å². The van der Waals surface area contributed by atoms with E-state index in [1.165, 1.54) is 21.3 Å². The predicted molar refractivity (Wildman–Crippen MR) is 72.9 cm³/mol. The van der Waals surface area contributed by atoms with Gasteiger partial charge in [0.05, 0.1) is 16.7 Å². The van der Waals surface area contributed by atoms with Crippen LogP contribution in [0.2, 0.25) is 0 Å². The third kappa shape index (κ3) is 1.83. The highest BCUT2D eigenvalue weighted by molar-refractivity contribution is 8.00. The largest absolute Gasteiger partial charge is 0.477 e. The number of thiocarbonyl (C=S) groups is 1. The summed E-state index contributed by atoms with van der Waals surface area (Å²) in [6, 6.07) is 0. The highest BCUT2D eigenvalue weighted by Crippen LogP contribution is 2.40. The van der Waals surface area contributed by atoms with Gasteiger partial charge in [0, 0.05) is 18.4 Å².